The molecule has 0 saturated heterocycles. The number of nitrogens with zero attached hydrogens (tertiary/aromatic N) is 1. The van der Waals surface area contributed by atoms with Gasteiger partial charge in [0.25, 0.3) is 0 Å². The number of aliphatic carboxylic acids is 1. The number of methoxy groups -OCH3 is 1. The Morgan fingerprint density at radius 2 is 2.31 bits per heavy atom. The first kappa shape index (κ1) is 12.2. The number of pyridine rings is 1. The predicted octanol–water partition coefficient (Wildman–Crippen LogP) is 0.888. The van der Waals surface area contributed by atoms with Gasteiger partial charge >= 0.3 is 11.9 Å². The number of rotatable bonds is 5. The summed E-state index contributed by atoms with van der Waals surface area (Å²) in [6.45, 7) is 0. The highest BCUT2D eigenvalue weighted by Gasteiger charge is 2.26. The van der Waals surface area contributed by atoms with Gasteiger partial charge in [-0.2, -0.15) is 0 Å². The van der Waals surface area contributed by atoms with Crippen LogP contribution in [0.2, 0.25) is 0 Å². The first-order valence-corrected chi connectivity index (χ1v) is 4.84. The standard InChI is InChI=1S/C11H13NO4/c1-16-11(15)9(10(13)14)5-4-8-3-2-6-12-7-8/h2-3,6-7,9H,4-5H2,1H3,(H,13,14). The third-order valence-corrected chi connectivity index (χ3v) is 2.23. The highest BCUT2D eigenvalue weighted by atomic mass is 16.5. The van der Waals surface area contributed by atoms with Crippen LogP contribution in [0, 0.1) is 5.92 Å². The van der Waals surface area contributed by atoms with Crippen molar-refractivity contribution in [3.05, 3.63) is 30.1 Å². The Bertz CT molecular complexity index is 364. The van der Waals surface area contributed by atoms with Gasteiger partial charge < -0.3 is 9.84 Å². The molecule has 0 saturated carbocycles. The average molecular weight is 223 g/mol. The largest absolute Gasteiger partial charge is 0.481 e. The van der Waals surface area contributed by atoms with Crippen LogP contribution in [0.1, 0.15) is 12.0 Å². The fraction of sp³-hybridized carbons (Fsp3) is 0.364. The number of carboxylic acids is 1. The molecule has 0 amide bonds. The summed E-state index contributed by atoms with van der Waals surface area (Å²) < 4.78 is 4.43. The van der Waals surface area contributed by atoms with Crippen LogP contribution in [0.3, 0.4) is 0 Å². The molecule has 5 heteroatoms. The highest BCUT2D eigenvalue weighted by molar-refractivity contribution is 5.93. The molecule has 16 heavy (non-hydrogen) atoms. The molecule has 1 aromatic heterocycles. The topological polar surface area (TPSA) is 76.5 Å². The number of aryl methyl sites for hydroxylation is 1. The Hall–Kier alpha value is -1.91. The van der Waals surface area contributed by atoms with Crippen LogP contribution in [0.5, 0.6) is 0 Å². The van der Waals surface area contributed by atoms with Crippen molar-refractivity contribution in [3.63, 3.8) is 0 Å². The smallest absolute Gasteiger partial charge is 0.320 e. The van der Waals surface area contributed by atoms with Gasteiger partial charge in [-0.1, -0.05) is 6.07 Å². The van der Waals surface area contributed by atoms with E-state index in [1.165, 1.54) is 7.11 Å². The fourth-order valence-electron chi connectivity index (χ4n) is 1.34. The minimum Gasteiger partial charge on any atom is -0.481 e. The molecule has 1 aromatic rings. The summed E-state index contributed by atoms with van der Waals surface area (Å²) in [5, 5.41) is 8.84. The quantitative estimate of drug-likeness (QED) is 0.592. The number of carboxylic acid groups (broad SMARTS) is 1. The van der Waals surface area contributed by atoms with Gasteiger partial charge in [0.2, 0.25) is 0 Å². The monoisotopic (exact) mass is 223 g/mol. The van der Waals surface area contributed by atoms with Gasteiger partial charge in [0.15, 0.2) is 5.92 Å². The molecule has 86 valence electrons. The van der Waals surface area contributed by atoms with Crippen molar-refractivity contribution in [1.82, 2.24) is 4.98 Å². The first-order chi connectivity index (χ1) is 7.65. The van der Waals surface area contributed by atoms with Gasteiger partial charge in [0.05, 0.1) is 7.11 Å². The third kappa shape index (κ3) is 3.34. The molecule has 0 spiro atoms. The normalized spacial score (nSPS) is 11.8. The summed E-state index contributed by atoms with van der Waals surface area (Å²) in [6.07, 6.45) is 3.99. The number of hydrogen-bond donors (Lipinski definition) is 1. The zero-order valence-electron chi connectivity index (χ0n) is 8.92. The third-order valence-electron chi connectivity index (χ3n) is 2.23. The second-order valence-corrected chi connectivity index (χ2v) is 3.31. The summed E-state index contributed by atoms with van der Waals surface area (Å²) in [4.78, 5) is 25.9. The van der Waals surface area contributed by atoms with E-state index >= 15 is 0 Å². The van der Waals surface area contributed by atoms with Gasteiger partial charge in [0.1, 0.15) is 0 Å². The van der Waals surface area contributed by atoms with E-state index in [0.717, 1.165) is 5.56 Å². The number of carbonyl (C=O) groups is 2. The van der Waals surface area contributed by atoms with E-state index in [9.17, 15) is 9.59 Å². The number of aromatic nitrogens is 1. The Kier molecular flexibility index (Phi) is 4.44. The Morgan fingerprint density at radius 1 is 1.56 bits per heavy atom. The van der Waals surface area contributed by atoms with Crippen molar-refractivity contribution < 1.29 is 19.4 Å². The second-order valence-electron chi connectivity index (χ2n) is 3.31. The molecule has 1 unspecified atom stereocenters. The van der Waals surface area contributed by atoms with Crippen molar-refractivity contribution in [2.45, 2.75) is 12.8 Å². The fourth-order valence-corrected chi connectivity index (χ4v) is 1.34. The van der Waals surface area contributed by atoms with Gasteiger partial charge in [-0.3, -0.25) is 14.6 Å². The predicted molar refractivity (Wildman–Crippen MR) is 55.7 cm³/mol. The van der Waals surface area contributed by atoms with Crippen molar-refractivity contribution in [3.8, 4) is 0 Å². The molecule has 1 N–H and O–H groups in total. The molecule has 5 nitrogen and oxygen atoms in total. The molecule has 0 aliphatic rings. The van der Waals surface area contributed by atoms with E-state index in [2.05, 4.69) is 9.72 Å². The minimum atomic E-state index is -1.16. The maximum Gasteiger partial charge on any atom is 0.320 e. The molecule has 0 bridgehead atoms. The van der Waals surface area contributed by atoms with Gasteiger partial charge in [-0.15, -0.1) is 0 Å². The van der Waals surface area contributed by atoms with E-state index in [1.54, 1.807) is 18.5 Å². The molecule has 1 heterocycles. The molecule has 0 aliphatic heterocycles. The van der Waals surface area contributed by atoms with Crippen LogP contribution in [-0.4, -0.2) is 29.1 Å². The zero-order chi connectivity index (χ0) is 12.0. The molecule has 0 aliphatic carbocycles. The number of esters is 1. The average Bonchev–Trinajstić information content (AvgIpc) is 2.30. The van der Waals surface area contributed by atoms with E-state index in [0.29, 0.717) is 6.42 Å². The molecule has 0 radical (unpaired) electrons. The lowest BCUT2D eigenvalue weighted by Crippen LogP contribution is -2.25. The number of hydrogen-bond acceptors (Lipinski definition) is 4. The lowest BCUT2D eigenvalue weighted by atomic mass is 10.0. The zero-order valence-corrected chi connectivity index (χ0v) is 8.92. The van der Waals surface area contributed by atoms with Gasteiger partial charge in [-0.25, -0.2) is 0 Å². The van der Waals surface area contributed by atoms with E-state index in [1.807, 2.05) is 6.07 Å². The lowest BCUT2D eigenvalue weighted by molar-refractivity contribution is -0.156. The molecule has 0 fully saturated rings. The molecular weight excluding hydrogens is 210 g/mol. The van der Waals surface area contributed by atoms with E-state index in [4.69, 9.17) is 5.11 Å². The minimum absolute atomic E-state index is 0.216. The summed E-state index contributed by atoms with van der Waals surface area (Å²) in [5.41, 5.74) is 0.901. The van der Waals surface area contributed by atoms with Gasteiger partial charge in [-0.05, 0) is 24.5 Å². The van der Waals surface area contributed by atoms with E-state index in [-0.39, 0.29) is 6.42 Å². The van der Waals surface area contributed by atoms with Crippen LogP contribution < -0.4 is 0 Å². The second kappa shape index (κ2) is 5.85. The summed E-state index contributed by atoms with van der Waals surface area (Å²) in [7, 11) is 1.18. The van der Waals surface area contributed by atoms with Crippen molar-refractivity contribution >= 4 is 11.9 Å². The van der Waals surface area contributed by atoms with Crippen LogP contribution in [0.4, 0.5) is 0 Å². The van der Waals surface area contributed by atoms with Crippen LogP contribution in [0.15, 0.2) is 24.5 Å². The van der Waals surface area contributed by atoms with Gasteiger partial charge in [0, 0.05) is 12.4 Å². The Balaban J connectivity index is 2.57. The lowest BCUT2D eigenvalue weighted by Gasteiger charge is -2.09. The molecule has 1 atom stereocenters. The Labute approximate surface area is 93.1 Å². The molecular formula is C11H13NO4. The maximum atomic E-state index is 11.2. The van der Waals surface area contributed by atoms with Crippen molar-refractivity contribution in [2.75, 3.05) is 7.11 Å². The maximum absolute atomic E-state index is 11.2. The van der Waals surface area contributed by atoms with Crippen LogP contribution in [0.25, 0.3) is 0 Å². The van der Waals surface area contributed by atoms with Crippen molar-refractivity contribution in [2.24, 2.45) is 5.92 Å². The molecule has 1 rings (SSSR count). The highest BCUT2D eigenvalue weighted by Crippen LogP contribution is 2.11. The van der Waals surface area contributed by atoms with Crippen LogP contribution >= 0.6 is 0 Å². The Morgan fingerprint density at radius 3 is 2.81 bits per heavy atom. The first-order valence-electron chi connectivity index (χ1n) is 4.84. The molecule has 0 aromatic carbocycles. The summed E-state index contributed by atoms with van der Waals surface area (Å²) in [5.74, 6) is -2.97. The number of carbonyl (C=O) groups excluding carboxylic acids is 1. The van der Waals surface area contributed by atoms with Crippen molar-refractivity contribution in [1.29, 1.82) is 0 Å². The van der Waals surface area contributed by atoms with Crippen LogP contribution in [-0.2, 0) is 20.7 Å². The number of ether oxygens (including phenoxy) is 1. The summed E-state index contributed by atoms with van der Waals surface area (Å²) >= 11 is 0. The summed E-state index contributed by atoms with van der Waals surface area (Å²) in [6, 6.07) is 3.60. The van der Waals surface area contributed by atoms with E-state index < -0.39 is 17.9 Å². The SMILES string of the molecule is COC(=O)C(CCc1cccnc1)C(=O)O.